The lowest BCUT2D eigenvalue weighted by Gasteiger charge is -2.54. The highest BCUT2D eigenvalue weighted by atomic mass is 15.6. The molecule has 18 rings (SSSR count). The summed E-state index contributed by atoms with van der Waals surface area (Å²) in [5.41, 5.74) is 6.50. The van der Waals surface area contributed by atoms with E-state index in [2.05, 4.69) is 220 Å². The normalized spacial score (nSPS) is 19.5. The van der Waals surface area contributed by atoms with Crippen LogP contribution in [-0.2, 0) is 5.79 Å². The average Bonchev–Trinajstić information content (AvgIpc) is 4.22. The van der Waals surface area contributed by atoms with Crippen molar-refractivity contribution in [2.45, 2.75) is 12.0 Å². The highest BCUT2D eigenvalue weighted by Gasteiger charge is 2.57. The van der Waals surface area contributed by atoms with E-state index in [9.17, 15) is 0 Å². The average molecular weight is 951 g/mol. The molecule has 18 heterocycles. The second-order valence-corrected chi connectivity index (χ2v) is 19.4. The van der Waals surface area contributed by atoms with Crippen LogP contribution in [0.3, 0.4) is 0 Å². The van der Waals surface area contributed by atoms with E-state index in [0.29, 0.717) is 0 Å². The Hall–Kier alpha value is -10.0. The predicted octanol–water partition coefficient (Wildman–Crippen LogP) is -2.38. The van der Waals surface area contributed by atoms with Crippen LogP contribution in [0.1, 0.15) is 34.2 Å². The number of fused-ring (bicyclic) bond motifs is 16. The van der Waals surface area contributed by atoms with Crippen molar-refractivity contribution in [3.05, 3.63) is 245 Å². The fourth-order valence-corrected chi connectivity index (χ4v) is 11.6. The van der Waals surface area contributed by atoms with E-state index >= 15 is 0 Å². The molecule has 0 aromatic carbocycles. The Morgan fingerprint density at radius 2 is 0.822 bits per heavy atom. The van der Waals surface area contributed by atoms with Crippen molar-refractivity contribution in [1.29, 1.82) is 0 Å². The van der Waals surface area contributed by atoms with Crippen LogP contribution >= 0.6 is 0 Å². The molecule has 9 aromatic rings. The van der Waals surface area contributed by atoms with Crippen LogP contribution in [0.5, 0.6) is 0 Å². The summed E-state index contributed by atoms with van der Waals surface area (Å²) in [6, 6.07) is 38.0. The Morgan fingerprint density at radius 1 is 0.356 bits per heavy atom. The number of hydrogen-bond acceptors (Lipinski definition) is 6. The number of nitrogens with zero attached hydrogens (tertiary/aromatic N) is 12. The summed E-state index contributed by atoms with van der Waals surface area (Å²) >= 11 is 0. The monoisotopic (exact) mass is 950 g/mol. The Morgan fingerprint density at radius 3 is 1.34 bits per heavy atom. The maximum atomic E-state index is 4.62. The lowest BCUT2D eigenvalue weighted by Crippen LogP contribution is -2.76. The van der Waals surface area contributed by atoms with E-state index in [1.54, 1.807) is 0 Å². The lowest BCUT2D eigenvalue weighted by atomic mass is 10.1. The molecule has 16 bridgehead atoms. The molecule has 354 valence electrons. The number of rotatable bonds is 0. The largest absolute Gasteiger partial charge is 0.658 e. The first-order chi connectivity index (χ1) is 35.9. The number of nitrogens with one attached hydrogen (secondary N) is 3. The van der Waals surface area contributed by atoms with Crippen LogP contribution in [-0.4, -0.2) is 77.6 Å². The molecule has 0 saturated carbocycles. The Labute approximate surface area is 415 Å². The van der Waals surface area contributed by atoms with Crippen LogP contribution in [0.15, 0.2) is 146 Å². The minimum atomic E-state index is -0.340. The first-order valence-electron chi connectivity index (χ1n) is 24.4. The van der Waals surface area contributed by atoms with E-state index in [-0.39, 0.29) is 12.0 Å². The molecular formula is C58H44N15-3. The molecule has 0 unspecified atom stereocenters. The van der Waals surface area contributed by atoms with E-state index in [0.717, 1.165) is 78.9 Å². The maximum absolute atomic E-state index is 4.62. The molecule has 9 aliphatic heterocycles. The molecular weight excluding hydrogens is 907 g/mol. The van der Waals surface area contributed by atoms with Gasteiger partial charge in [0.25, 0.3) is 0 Å². The summed E-state index contributed by atoms with van der Waals surface area (Å²) < 4.78 is 7.53. The second kappa shape index (κ2) is 15.0. The van der Waals surface area contributed by atoms with Crippen molar-refractivity contribution in [3.63, 3.8) is 0 Å². The number of aromatic amines is 3. The quantitative estimate of drug-likeness (QED) is 0.153. The summed E-state index contributed by atoms with van der Waals surface area (Å²) in [7, 11) is 0. The zero-order chi connectivity index (χ0) is 47.8. The standard InChI is InChI=1S/C20H13N5.C19H17N5.C19H14N5/c1-2-14-10-16-4-6-18-12-22-8-7-21-11-17-5-3-15-9-13(1)23(14)20(19(21)22,24(15)17)25(16)18;2*1-2-15-10-17-4-6-19(22-17)12-24-8-7-23(13-24)11-18-5-3-16(21-18)9-14(1)20-15/h1-12,19H;1-12,20-22H,13H2;1-12H,13H2/q;;-3. The molecule has 1 spiro atoms. The van der Waals surface area contributed by atoms with Gasteiger partial charge in [0.05, 0.1) is 34.7 Å². The maximum Gasteiger partial charge on any atom is 0.246 e. The summed E-state index contributed by atoms with van der Waals surface area (Å²) in [5, 5.41) is 13.1. The smallest absolute Gasteiger partial charge is 0.246 e. The molecule has 0 fully saturated rings. The first kappa shape index (κ1) is 39.8. The molecule has 15 nitrogen and oxygen atoms in total. The molecule has 0 radical (unpaired) electrons. The zero-order valence-electron chi connectivity index (χ0n) is 39.1. The van der Waals surface area contributed by atoms with E-state index < -0.39 is 0 Å². The van der Waals surface area contributed by atoms with E-state index in [4.69, 9.17) is 0 Å². The number of hydrogen-bond donors (Lipinski definition) is 3. The summed E-state index contributed by atoms with van der Waals surface area (Å²) in [6.45, 7) is 1.55. The molecule has 0 saturated heterocycles. The van der Waals surface area contributed by atoms with Crippen LogP contribution in [0, 0.1) is 0 Å². The summed E-state index contributed by atoms with van der Waals surface area (Å²) in [6.07, 6.45) is 38.4. The summed E-state index contributed by atoms with van der Waals surface area (Å²) in [4.78, 5) is 37.3. The predicted molar refractivity (Wildman–Crippen MR) is 279 cm³/mol. The second-order valence-electron chi connectivity index (χ2n) is 19.4. The van der Waals surface area contributed by atoms with Gasteiger partial charge in [-0.05, 0) is 110 Å². The van der Waals surface area contributed by atoms with Gasteiger partial charge < -0.3 is 59.3 Å². The first-order valence-corrected chi connectivity index (χ1v) is 24.4. The van der Waals surface area contributed by atoms with Gasteiger partial charge in [0.15, 0.2) is 6.17 Å². The molecule has 15 heteroatoms. The molecule has 0 atom stereocenters. The fraction of sp³-hybridized carbons (Fsp3) is 0.0690. The third-order valence-electron chi connectivity index (χ3n) is 14.5. The molecule has 0 aliphatic carbocycles. The number of H-pyrrole nitrogens is 3. The van der Waals surface area contributed by atoms with Gasteiger partial charge in [0.2, 0.25) is 5.79 Å². The Kier molecular flexibility index (Phi) is 8.17. The topological polar surface area (TPSA) is 124 Å². The van der Waals surface area contributed by atoms with Crippen LogP contribution in [0.2, 0.25) is 0 Å². The van der Waals surface area contributed by atoms with Gasteiger partial charge >= 0.3 is 0 Å². The third kappa shape index (κ3) is 6.45. The van der Waals surface area contributed by atoms with Crippen molar-refractivity contribution in [2.75, 3.05) is 13.3 Å². The highest BCUT2D eigenvalue weighted by Crippen LogP contribution is 2.41. The molecule has 9 aliphatic rings. The third-order valence-corrected chi connectivity index (χ3v) is 14.5. The van der Waals surface area contributed by atoms with Gasteiger partial charge in [-0.25, -0.2) is 0 Å². The lowest BCUT2D eigenvalue weighted by molar-refractivity contribution is -0.00297. The molecule has 9 aromatic heterocycles. The van der Waals surface area contributed by atoms with Crippen molar-refractivity contribution >= 4 is 73.7 Å². The number of aromatic nitrogens is 9. The highest BCUT2D eigenvalue weighted by molar-refractivity contribution is 5.61. The Bertz CT molecular complexity index is 4210. The SMILES string of the molecule is C1=CN2C=c3ccc([n-]3)=Cc3ccc([n-]3)C=c3ccc([n-]3)=CN1C2.C1=CN2C=c3ccc([nH]3)=Cc3ccc([nH]3)C=c3ccc([nH]3)=CN1C2.C1=CN2C=c3ccc4n3C35C2N1C=c1ccc(n13)=Cc1ccc(n15)C=4. The van der Waals surface area contributed by atoms with Crippen LogP contribution < -0.4 is 79.1 Å². The minimum absolute atomic E-state index is 0.164. The zero-order valence-corrected chi connectivity index (χ0v) is 39.1. The van der Waals surface area contributed by atoms with Gasteiger partial charge in [0, 0.05) is 106 Å². The van der Waals surface area contributed by atoms with Crippen LogP contribution in [0.25, 0.3) is 73.7 Å². The van der Waals surface area contributed by atoms with Crippen molar-refractivity contribution in [1.82, 2.24) is 73.0 Å². The van der Waals surface area contributed by atoms with E-state index in [1.807, 2.05) is 73.4 Å². The van der Waals surface area contributed by atoms with Gasteiger partial charge in [-0.2, -0.15) is 0 Å². The van der Waals surface area contributed by atoms with Crippen LogP contribution in [0.4, 0.5) is 0 Å². The van der Waals surface area contributed by atoms with Crippen molar-refractivity contribution < 1.29 is 0 Å². The molecule has 73 heavy (non-hydrogen) atoms. The van der Waals surface area contributed by atoms with E-state index in [1.165, 1.54) is 32.8 Å². The Balaban J connectivity index is 0.0000000937. The minimum Gasteiger partial charge on any atom is -0.658 e. The van der Waals surface area contributed by atoms with Gasteiger partial charge in [-0.15, -0.1) is 32.8 Å². The van der Waals surface area contributed by atoms with Gasteiger partial charge in [0.1, 0.15) is 0 Å². The summed E-state index contributed by atoms with van der Waals surface area (Å²) in [5.74, 6) is -0.340. The van der Waals surface area contributed by atoms with Gasteiger partial charge in [-0.3, -0.25) is 13.7 Å². The molecule has 3 N–H and O–H groups in total. The van der Waals surface area contributed by atoms with Gasteiger partial charge in [-0.1, -0.05) is 48.6 Å². The van der Waals surface area contributed by atoms with Crippen molar-refractivity contribution in [3.8, 4) is 0 Å². The fourth-order valence-electron chi connectivity index (χ4n) is 11.6. The molecule has 0 amide bonds. The van der Waals surface area contributed by atoms with Crippen molar-refractivity contribution in [2.24, 2.45) is 0 Å².